The summed E-state index contributed by atoms with van der Waals surface area (Å²) >= 11 is 1.26. The third kappa shape index (κ3) is 4.07. The molecule has 0 saturated heterocycles. The second kappa shape index (κ2) is 8.01. The molecule has 2 heterocycles. The highest BCUT2D eigenvalue weighted by Gasteiger charge is 2.25. The molecule has 1 aromatic carbocycles. The number of hydrogen-bond donors (Lipinski definition) is 1. The summed E-state index contributed by atoms with van der Waals surface area (Å²) < 4.78 is 10.4. The standard InChI is InChI=1S/C18H15N3O6S/c1-10(16(22)19-12-6-3-4-7-13(12)21(24)25)27-18(23)15-11(2)28-17(20-15)14-8-5-9-26-14/h3-10H,1-2H3,(H,19,22). The number of benzene rings is 1. The first-order valence-corrected chi connectivity index (χ1v) is 8.95. The number of nitro benzene ring substituents is 1. The summed E-state index contributed by atoms with van der Waals surface area (Å²) in [6.07, 6.45) is 0.319. The van der Waals surface area contributed by atoms with Crippen LogP contribution in [0.5, 0.6) is 0 Å². The molecule has 2 aromatic heterocycles. The van der Waals surface area contributed by atoms with Crippen molar-refractivity contribution in [1.29, 1.82) is 0 Å². The monoisotopic (exact) mass is 401 g/mol. The van der Waals surface area contributed by atoms with E-state index < -0.39 is 22.9 Å². The van der Waals surface area contributed by atoms with Crippen LogP contribution in [0.4, 0.5) is 11.4 Å². The zero-order valence-electron chi connectivity index (χ0n) is 14.9. The maximum absolute atomic E-state index is 12.4. The number of amides is 1. The Morgan fingerprint density at radius 2 is 2.04 bits per heavy atom. The van der Waals surface area contributed by atoms with E-state index in [2.05, 4.69) is 10.3 Å². The molecule has 3 aromatic rings. The topological polar surface area (TPSA) is 125 Å². The van der Waals surface area contributed by atoms with E-state index in [0.717, 1.165) is 0 Å². The molecular weight excluding hydrogens is 386 g/mol. The van der Waals surface area contributed by atoms with Crippen LogP contribution in [0.1, 0.15) is 22.3 Å². The van der Waals surface area contributed by atoms with E-state index in [4.69, 9.17) is 9.15 Å². The molecular formula is C18H15N3O6S. The van der Waals surface area contributed by atoms with Gasteiger partial charge in [-0.2, -0.15) is 0 Å². The third-order valence-corrected chi connectivity index (χ3v) is 4.72. The smallest absolute Gasteiger partial charge is 0.358 e. The number of esters is 1. The molecule has 1 N–H and O–H groups in total. The van der Waals surface area contributed by atoms with Crippen LogP contribution in [0, 0.1) is 17.0 Å². The van der Waals surface area contributed by atoms with Crippen LogP contribution in [0.3, 0.4) is 0 Å². The van der Waals surface area contributed by atoms with Gasteiger partial charge < -0.3 is 14.5 Å². The molecule has 0 aliphatic rings. The molecule has 1 amide bonds. The van der Waals surface area contributed by atoms with Gasteiger partial charge in [-0.3, -0.25) is 14.9 Å². The number of aryl methyl sites for hydroxylation is 1. The number of nitro groups is 1. The highest BCUT2D eigenvalue weighted by Crippen LogP contribution is 2.28. The van der Waals surface area contributed by atoms with Crippen LogP contribution in [0.2, 0.25) is 0 Å². The number of para-hydroxylation sites is 2. The molecule has 0 bridgehead atoms. The van der Waals surface area contributed by atoms with Gasteiger partial charge in [-0.25, -0.2) is 9.78 Å². The summed E-state index contributed by atoms with van der Waals surface area (Å²) in [7, 11) is 0. The van der Waals surface area contributed by atoms with Crippen LogP contribution in [0.15, 0.2) is 47.1 Å². The summed E-state index contributed by atoms with van der Waals surface area (Å²) in [5.41, 5.74) is -0.153. The number of nitrogens with one attached hydrogen (secondary N) is 1. The Hall–Kier alpha value is -3.53. The predicted molar refractivity (Wildman–Crippen MR) is 101 cm³/mol. The lowest BCUT2D eigenvalue weighted by molar-refractivity contribution is -0.383. The van der Waals surface area contributed by atoms with E-state index in [0.29, 0.717) is 15.6 Å². The summed E-state index contributed by atoms with van der Waals surface area (Å²) in [6.45, 7) is 3.08. The van der Waals surface area contributed by atoms with Gasteiger partial charge in [0.15, 0.2) is 22.6 Å². The van der Waals surface area contributed by atoms with Crippen molar-refractivity contribution in [3.8, 4) is 10.8 Å². The number of hydrogen-bond acceptors (Lipinski definition) is 8. The van der Waals surface area contributed by atoms with Gasteiger partial charge >= 0.3 is 5.97 Å². The molecule has 0 spiro atoms. The molecule has 3 rings (SSSR count). The summed E-state index contributed by atoms with van der Waals surface area (Å²) in [4.78, 5) is 39.9. The van der Waals surface area contributed by atoms with E-state index in [1.807, 2.05) is 0 Å². The zero-order valence-corrected chi connectivity index (χ0v) is 15.7. The fourth-order valence-electron chi connectivity index (χ4n) is 2.33. The quantitative estimate of drug-likeness (QED) is 0.378. The number of aromatic nitrogens is 1. The van der Waals surface area contributed by atoms with Gasteiger partial charge in [0.1, 0.15) is 5.69 Å². The third-order valence-electron chi connectivity index (χ3n) is 3.73. The van der Waals surface area contributed by atoms with E-state index in [1.165, 1.54) is 42.7 Å². The van der Waals surface area contributed by atoms with E-state index >= 15 is 0 Å². The Kier molecular flexibility index (Phi) is 5.50. The van der Waals surface area contributed by atoms with E-state index in [1.54, 1.807) is 25.1 Å². The van der Waals surface area contributed by atoms with Crippen molar-refractivity contribution in [2.45, 2.75) is 20.0 Å². The van der Waals surface area contributed by atoms with Gasteiger partial charge in [0.25, 0.3) is 11.6 Å². The van der Waals surface area contributed by atoms with Crippen molar-refractivity contribution in [2.24, 2.45) is 0 Å². The molecule has 0 aliphatic carbocycles. The highest BCUT2D eigenvalue weighted by molar-refractivity contribution is 7.15. The molecule has 0 saturated carbocycles. The Morgan fingerprint density at radius 1 is 1.29 bits per heavy atom. The molecule has 0 fully saturated rings. The number of furan rings is 1. The van der Waals surface area contributed by atoms with Crippen molar-refractivity contribution in [2.75, 3.05) is 5.32 Å². The molecule has 144 valence electrons. The number of ether oxygens (including phenoxy) is 1. The van der Waals surface area contributed by atoms with Crippen molar-refractivity contribution >= 4 is 34.6 Å². The molecule has 10 heteroatoms. The van der Waals surface area contributed by atoms with Crippen LogP contribution in [0.25, 0.3) is 10.8 Å². The summed E-state index contributed by atoms with van der Waals surface area (Å²) in [5, 5.41) is 13.9. The van der Waals surface area contributed by atoms with Gasteiger partial charge in [0.05, 0.1) is 11.2 Å². The number of nitrogens with zero attached hydrogens (tertiary/aromatic N) is 2. The lowest BCUT2D eigenvalue weighted by Gasteiger charge is -2.13. The van der Waals surface area contributed by atoms with Crippen LogP contribution in [-0.2, 0) is 9.53 Å². The fourth-order valence-corrected chi connectivity index (χ4v) is 3.20. The minimum absolute atomic E-state index is 0.0188. The second-order valence-corrected chi connectivity index (χ2v) is 6.92. The highest BCUT2D eigenvalue weighted by atomic mass is 32.1. The maximum atomic E-state index is 12.4. The number of carbonyl (C=O) groups is 2. The van der Waals surface area contributed by atoms with Crippen molar-refractivity contribution < 1.29 is 23.7 Å². The summed E-state index contributed by atoms with van der Waals surface area (Å²) in [6, 6.07) is 9.12. The Bertz CT molecular complexity index is 1030. The Balaban J connectivity index is 1.69. The Morgan fingerprint density at radius 3 is 2.71 bits per heavy atom. The molecule has 1 atom stereocenters. The van der Waals surface area contributed by atoms with Gasteiger partial charge in [0.2, 0.25) is 0 Å². The van der Waals surface area contributed by atoms with Crippen molar-refractivity contribution in [1.82, 2.24) is 4.98 Å². The second-order valence-electron chi connectivity index (χ2n) is 5.71. The van der Waals surface area contributed by atoms with Gasteiger partial charge in [0, 0.05) is 10.9 Å². The van der Waals surface area contributed by atoms with Crippen LogP contribution >= 0.6 is 11.3 Å². The molecule has 1 unspecified atom stereocenters. The Labute approximate surface area is 163 Å². The molecule has 28 heavy (non-hydrogen) atoms. The molecule has 0 radical (unpaired) electrons. The largest absolute Gasteiger partial charge is 0.462 e. The number of thiazole rings is 1. The molecule has 9 nitrogen and oxygen atoms in total. The lowest BCUT2D eigenvalue weighted by atomic mass is 10.2. The van der Waals surface area contributed by atoms with Crippen LogP contribution in [-0.4, -0.2) is 27.9 Å². The first-order valence-electron chi connectivity index (χ1n) is 8.13. The average molecular weight is 401 g/mol. The minimum atomic E-state index is -1.18. The van der Waals surface area contributed by atoms with Crippen molar-refractivity contribution in [3.05, 3.63) is 63.3 Å². The van der Waals surface area contributed by atoms with E-state index in [9.17, 15) is 19.7 Å². The van der Waals surface area contributed by atoms with Crippen molar-refractivity contribution in [3.63, 3.8) is 0 Å². The fraction of sp³-hybridized carbons (Fsp3) is 0.167. The van der Waals surface area contributed by atoms with Gasteiger partial charge in [-0.15, -0.1) is 11.3 Å². The number of rotatable bonds is 6. The zero-order chi connectivity index (χ0) is 20.3. The average Bonchev–Trinajstić information content (AvgIpc) is 3.31. The lowest BCUT2D eigenvalue weighted by Crippen LogP contribution is -2.30. The first kappa shape index (κ1) is 19.2. The number of anilines is 1. The van der Waals surface area contributed by atoms with Crippen LogP contribution < -0.4 is 5.32 Å². The normalized spacial score (nSPS) is 11.6. The maximum Gasteiger partial charge on any atom is 0.358 e. The van der Waals surface area contributed by atoms with E-state index in [-0.39, 0.29) is 17.1 Å². The number of carbonyl (C=O) groups excluding carboxylic acids is 2. The van der Waals surface area contributed by atoms with Gasteiger partial charge in [-0.05, 0) is 32.0 Å². The summed E-state index contributed by atoms with van der Waals surface area (Å²) in [5.74, 6) is -0.937. The molecule has 0 aliphatic heterocycles. The predicted octanol–water partition coefficient (Wildman–Crippen LogP) is 3.80. The minimum Gasteiger partial charge on any atom is -0.462 e. The SMILES string of the molecule is Cc1sc(-c2ccco2)nc1C(=O)OC(C)C(=O)Nc1ccccc1[N+](=O)[O-]. The van der Waals surface area contributed by atoms with Gasteiger partial charge in [-0.1, -0.05) is 12.1 Å². The first-order chi connectivity index (χ1) is 13.4.